The molecule has 0 saturated carbocycles. The maximum absolute atomic E-state index is 10.3. The minimum atomic E-state index is -0.498. The molecule has 0 unspecified atom stereocenters. The van der Waals surface area contributed by atoms with Gasteiger partial charge in [0.1, 0.15) is 18.7 Å². The molecule has 0 aliphatic carbocycles. The van der Waals surface area contributed by atoms with Crippen LogP contribution in [-0.2, 0) is 6.54 Å². The van der Waals surface area contributed by atoms with Crippen molar-refractivity contribution in [2.24, 2.45) is 0 Å². The van der Waals surface area contributed by atoms with E-state index < -0.39 is 6.10 Å². The molecule has 0 amide bonds. The molecular formula is C16H18Cl2NO+. The predicted octanol–water partition coefficient (Wildman–Crippen LogP) is 3.18. The molecule has 20 heavy (non-hydrogen) atoms. The van der Waals surface area contributed by atoms with E-state index in [1.165, 1.54) is 0 Å². The Labute approximate surface area is 129 Å². The Bertz CT molecular complexity index is 560. The highest BCUT2D eigenvalue weighted by Crippen LogP contribution is 2.20. The van der Waals surface area contributed by atoms with E-state index in [-0.39, 0.29) is 6.04 Å². The number of rotatable bonds is 5. The summed E-state index contributed by atoms with van der Waals surface area (Å²) in [7, 11) is 0. The highest BCUT2D eigenvalue weighted by Gasteiger charge is 2.19. The van der Waals surface area contributed by atoms with Gasteiger partial charge in [0.15, 0.2) is 0 Å². The molecule has 0 fully saturated rings. The van der Waals surface area contributed by atoms with Crippen LogP contribution in [0.15, 0.2) is 48.5 Å². The molecule has 2 aromatic rings. The summed E-state index contributed by atoms with van der Waals surface area (Å²) in [6.07, 6.45) is -0.498. The zero-order valence-corrected chi connectivity index (χ0v) is 12.8. The first-order valence-corrected chi connectivity index (χ1v) is 7.34. The molecule has 2 aromatic carbocycles. The second-order valence-electron chi connectivity index (χ2n) is 4.89. The molecule has 2 nitrogen and oxygen atoms in total. The van der Waals surface area contributed by atoms with Crippen molar-refractivity contribution in [3.8, 4) is 0 Å². The maximum atomic E-state index is 10.3. The molecule has 0 bridgehead atoms. The fourth-order valence-electron chi connectivity index (χ4n) is 2.08. The van der Waals surface area contributed by atoms with Crippen molar-refractivity contribution >= 4 is 23.2 Å². The number of aliphatic hydroxyl groups excluding tert-OH is 1. The van der Waals surface area contributed by atoms with Crippen molar-refractivity contribution in [3.63, 3.8) is 0 Å². The predicted molar refractivity (Wildman–Crippen MR) is 83.0 cm³/mol. The first kappa shape index (κ1) is 15.3. The van der Waals surface area contributed by atoms with Gasteiger partial charge in [0.2, 0.25) is 0 Å². The lowest BCUT2D eigenvalue weighted by Gasteiger charge is -2.18. The van der Waals surface area contributed by atoms with Gasteiger partial charge in [-0.2, -0.15) is 0 Å². The van der Waals surface area contributed by atoms with Crippen LogP contribution < -0.4 is 5.32 Å². The van der Waals surface area contributed by atoms with Crippen LogP contribution in [0.4, 0.5) is 0 Å². The standard InChI is InChI=1S/C16H17Cl2NO/c1-11(16(20)12-5-3-2-4-6-12)19-10-13-7-8-14(17)9-15(13)18/h2-9,11,16,19-20H,10H2,1H3/p+1/t11-,16-/m1/s1. The number of halogens is 2. The minimum Gasteiger partial charge on any atom is -0.382 e. The largest absolute Gasteiger partial charge is 0.382 e. The van der Waals surface area contributed by atoms with Gasteiger partial charge >= 0.3 is 0 Å². The lowest BCUT2D eigenvalue weighted by molar-refractivity contribution is -0.709. The van der Waals surface area contributed by atoms with Gasteiger partial charge in [0, 0.05) is 10.6 Å². The molecule has 2 atom stereocenters. The third-order valence-electron chi connectivity index (χ3n) is 3.36. The third kappa shape index (κ3) is 3.97. The van der Waals surface area contributed by atoms with Crippen LogP contribution in [0.5, 0.6) is 0 Å². The van der Waals surface area contributed by atoms with Crippen LogP contribution in [0, 0.1) is 0 Å². The topological polar surface area (TPSA) is 36.8 Å². The van der Waals surface area contributed by atoms with Gasteiger partial charge in [-0.15, -0.1) is 0 Å². The third-order valence-corrected chi connectivity index (χ3v) is 3.95. The van der Waals surface area contributed by atoms with Gasteiger partial charge < -0.3 is 10.4 Å². The molecule has 0 heterocycles. The van der Waals surface area contributed by atoms with Crippen molar-refractivity contribution in [2.45, 2.75) is 25.6 Å². The van der Waals surface area contributed by atoms with E-state index in [2.05, 4.69) is 5.32 Å². The van der Waals surface area contributed by atoms with Crippen LogP contribution in [0.2, 0.25) is 10.0 Å². The Morgan fingerprint density at radius 3 is 2.45 bits per heavy atom. The quantitative estimate of drug-likeness (QED) is 0.874. The van der Waals surface area contributed by atoms with Crippen LogP contribution in [0.1, 0.15) is 24.2 Å². The van der Waals surface area contributed by atoms with Crippen molar-refractivity contribution in [1.29, 1.82) is 0 Å². The highest BCUT2D eigenvalue weighted by molar-refractivity contribution is 6.35. The molecule has 0 spiro atoms. The fraction of sp³-hybridized carbons (Fsp3) is 0.250. The van der Waals surface area contributed by atoms with E-state index >= 15 is 0 Å². The molecule has 0 aliphatic rings. The fourth-order valence-corrected chi connectivity index (χ4v) is 2.57. The van der Waals surface area contributed by atoms with E-state index in [9.17, 15) is 5.11 Å². The molecule has 4 heteroatoms. The summed E-state index contributed by atoms with van der Waals surface area (Å²) >= 11 is 12.0. The summed E-state index contributed by atoms with van der Waals surface area (Å²) < 4.78 is 0. The number of hydrogen-bond acceptors (Lipinski definition) is 1. The van der Waals surface area contributed by atoms with Crippen LogP contribution in [-0.4, -0.2) is 11.1 Å². The van der Waals surface area contributed by atoms with Crippen molar-refractivity contribution in [1.82, 2.24) is 0 Å². The van der Waals surface area contributed by atoms with Crippen molar-refractivity contribution in [2.75, 3.05) is 0 Å². The lowest BCUT2D eigenvalue weighted by atomic mass is 10.0. The molecule has 0 radical (unpaired) electrons. The molecule has 0 aromatic heterocycles. The van der Waals surface area contributed by atoms with Gasteiger partial charge in [-0.1, -0.05) is 59.6 Å². The summed E-state index contributed by atoms with van der Waals surface area (Å²) in [5.74, 6) is 0. The number of aliphatic hydroxyl groups is 1. The van der Waals surface area contributed by atoms with E-state index in [1.54, 1.807) is 6.07 Å². The van der Waals surface area contributed by atoms with E-state index in [1.807, 2.05) is 49.4 Å². The number of hydrogen-bond donors (Lipinski definition) is 2. The molecule has 106 valence electrons. The average Bonchev–Trinajstić information content (AvgIpc) is 2.46. The Hall–Kier alpha value is -1.06. The van der Waals surface area contributed by atoms with Crippen LogP contribution in [0.25, 0.3) is 0 Å². The molecule has 0 saturated heterocycles. The molecule has 3 N–H and O–H groups in total. The van der Waals surface area contributed by atoms with Crippen molar-refractivity contribution < 1.29 is 10.4 Å². The first-order chi connectivity index (χ1) is 9.58. The summed E-state index contributed by atoms with van der Waals surface area (Å²) in [6, 6.07) is 15.2. The van der Waals surface area contributed by atoms with Gasteiger partial charge in [0.25, 0.3) is 0 Å². The second-order valence-corrected chi connectivity index (χ2v) is 5.73. The van der Waals surface area contributed by atoms with Gasteiger partial charge in [-0.3, -0.25) is 0 Å². The number of quaternary nitrogens is 1. The number of benzene rings is 2. The molecule has 0 aliphatic heterocycles. The number of nitrogens with two attached hydrogens (primary N) is 1. The maximum Gasteiger partial charge on any atom is 0.130 e. The Morgan fingerprint density at radius 1 is 1.10 bits per heavy atom. The Morgan fingerprint density at radius 2 is 1.80 bits per heavy atom. The smallest absolute Gasteiger partial charge is 0.130 e. The zero-order chi connectivity index (χ0) is 14.5. The highest BCUT2D eigenvalue weighted by atomic mass is 35.5. The van der Waals surface area contributed by atoms with Crippen LogP contribution >= 0.6 is 23.2 Å². The molecule has 2 rings (SSSR count). The molecular weight excluding hydrogens is 293 g/mol. The summed E-state index contributed by atoms with van der Waals surface area (Å²) in [5.41, 5.74) is 1.95. The second kappa shape index (κ2) is 7.09. The average molecular weight is 311 g/mol. The van der Waals surface area contributed by atoms with E-state index in [0.717, 1.165) is 11.1 Å². The Kier molecular flexibility index (Phi) is 5.44. The van der Waals surface area contributed by atoms with Gasteiger partial charge in [-0.25, -0.2) is 0 Å². The van der Waals surface area contributed by atoms with E-state index in [4.69, 9.17) is 23.2 Å². The Balaban J connectivity index is 1.96. The minimum absolute atomic E-state index is 0.0455. The van der Waals surface area contributed by atoms with E-state index in [0.29, 0.717) is 16.6 Å². The van der Waals surface area contributed by atoms with Crippen molar-refractivity contribution in [3.05, 3.63) is 69.7 Å². The monoisotopic (exact) mass is 310 g/mol. The summed E-state index contributed by atoms with van der Waals surface area (Å²) in [6.45, 7) is 2.71. The lowest BCUT2D eigenvalue weighted by Crippen LogP contribution is -2.89. The SMILES string of the molecule is C[C@@H]([NH2+]Cc1ccc(Cl)cc1Cl)[C@@H](O)c1ccccc1. The summed E-state index contributed by atoms with van der Waals surface area (Å²) in [5, 5.41) is 13.7. The first-order valence-electron chi connectivity index (χ1n) is 6.58. The van der Waals surface area contributed by atoms with Gasteiger partial charge in [0.05, 0.1) is 5.02 Å². The summed E-state index contributed by atoms with van der Waals surface area (Å²) in [4.78, 5) is 0. The normalized spacial score (nSPS) is 14.0. The zero-order valence-electron chi connectivity index (χ0n) is 11.3. The van der Waals surface area contributed by atoms with Crippen LogP contribution in [0.3, 0.4) is 0 Å². The van der Waals surface area contributed by atoms with Gasteiger partial charge in [-0.05, 0) is 24.6 Å².